The molecule has 0 aliphatic carbocycles. The molecular formula is C46H40O2P2. The highest BCUT2D eigenvalue weighted by Crippen LogP contribution is 2.46. The molecule has 0 saturated carbocycles. The van der Waals surface area contributed by atoms with Crippen molar-refractivity contribution in [2.75, 3.05) is 0 Å². The lowest BCUT2D eigenvalue weighted by Gasteiger charge is -2.24. The Bertz CT molecular complexity index is 2110. The molecular weight excluding hydrogens is 646 g/mol. The summed E-state index contributed by atoms with van der Waals surface area (Å²) in [5.41, 5.74) is 9.12. The molecule has 0 radical (unpaired) electrons. The number of hydrogen-bond acceptors (Lipinski definition) is 2. The van der Waals surface area contributed by atoms with E-state index >= 15 is 9.13 Å². The predicted octanol–water partition coefficient (Wildman–Crippen LogP) is 9.53. The molecule has 0 atom stereocenters. The number of benzene rings is 7. The Labute approximate surface area is 296 Å². The van der Waals surface area contributed by atoms with Gasteiger partial charge in [0, 0.05) is 31.8 Å². The maximum absolute atomic E-state index is 15.2. The van der Waals surface area contributed by atoms with Crippen molar-refractivity contribution in [1.82, 2.24) is 0 Å². The van der Waals surface area contributed by atoms with E-state index in [4.69, 9.17) is 0 Å². The monoisotopic (exact) mass is 686 g/mol. The molecule has 0 spiro atoms. The van der Waals surface area contributed by atoms with E-state index in [9.17, 15) is 0 Å². The van der Waals surface area contributed by atoms with Crippen molar-refractivity contribution >= 4 is 46.1 Å². The van der Waals surface area contributed by atoms with Gasteiger partial charge in [-0.25, -0.2) is 0 Å². The van der Waals surface area contributed by atoms with Crippen LogP contribution < -0.4 is 31.8 Å². The van der Waals surface area contributed by atoms with Crippen LogP contribution in [-0.2, 0) is 9.13 Å². The van der Waals surface area contributed by atoms with Crippen LogP contribution in [0.25, 0.3) is 22.3 Å². The highest BCUT2D eigenvalue weighted by atomic mass is 31.2. The third-order valence-electron chi connectivity index (χ3n) is 10.1. The van der Waals surface area contributed by atoms with Crippen LogP contribution in [0.4, 0.5) is 0 Å². The summed E-state index contributed by atoms with van der Waals surface area (Å²) in [6, 6.07) is 56.0. The topological polar surface area (TPSA) is 34.1 Å². The Morgan fingerprint density at radius 3 is 0.800 bits per heavy atom. The molecule has 0 N–H and O–H groups in total. The van der Waals surface area contributed by atoms with E-state index in [1.165, 1.54) is 22.3 Å². The lowest BCUT2D eigenvalue weighted by Crippen LogP contribution is -2.25. The first-order valence-electron chi connectivity index (χ1n) is 17.0. The molecule has 0 heterocycles. The minimum atomic E-state index is -3.13. The Hall–Kier alpha value is -5.00. The van der Waals surface area contributed by atoms with Crippen molar-refractivity contribution in [2.45, 2.75) is 27.7 Å². The molecule has 0 aliphatic rings. The molecule has 0 saturated heterocycles. The molecule has 7 aromatic rings. The zero-order valence-electron chi connectivity index (χ0n) is 28.9. The predicted molar refractivity (Wildman–Crippen MR) is 215 cm³/mol. The molecule has 4 heteroatoms. The van der Waals surface area contributed by atoms with Gasteiger partial charge in [0.05, 0.1) is 0 Å². The lowest BCUT2D eigenvalue weighted by atomic mass is 9.83. The second-order valence-corrected chi connectivity index (χ2v) is 18.4. The van der Waals surface area contributed by atoms with Crippen LogP contribution in [-0.4, -0.2) is 0 Å². The fraction of sp³-hybridized carbons (Fsp3) is 0.0870. The van der Waals surface area contributed by atoms with Gasteiger partial charge in [-0.2, -0.15) is 0 Å². The maximum atomic E-state index is 15.2. The van der Waals surface area contributed by atoms with E-state index in [0.29, 0.717) is 0 Å². The normalized spacial score (nSPS) is 11.8. The van der Waals surface area contributed by atoms with E-state index in [0.717, 1.165) is 54.1 Å². The smallest absolute Gasteiger partial charge is 0.171 e. The summed E-state index contributed by atoms with van der Waals surface area (Å²) in [7, 11) is -6.27. The third-order valence-corrected chi connectivity index (χ3v) is 16.2. The molecule has 0 fully saturated rings. The fourth-order valence-electron chi connectivity index (χ4n) is 7.34. The zero-order chi connectivity index (χ0) is 34.9. The maximum Gasteiger partial charge on any atom is 0.171 e. The number of hydrogen-bond donors (Lipinski definition) is 0. The summed E-state index contributed by atoms with van der Waals surface area (Å²) >= 11 is 0. The average molecular weight is 687 g/mol. The van der Waals surface area contributed by atoms with Crippen LogP contribution in [0.5, 0.6) is 0 Å². The molecule has 246 valence electrons. The van der Waals surface area contributed by atoms with Gasteiger partial charge >= 0.3 is 0 Å². The first-order valence-corrected chi connectivity index (χ1v) is 20.4. The molecule has 0 amide bonds. The minimum Gasteiger partial charge on any atom is -0.309 e. The van der Waals surface area contributed by atoms with E-state index in [1.807, 2.05) is 146 Å². The summed E-state index contributed by atoms with van der Waals surface area (Å²) in [4.78, 5) is 0. The van der Waals surface area contributed by atoms with Crippen molar-refractivity contribution in [2.24, 2.45) is 0 Å². The van der Waals surface area contributed by atoms with Crippen molar-refractivity contribution in [3.8, 4) is 22.3 Å². The summed E-state index contributed by atoms with van der Waals surface area (Å²) < 4.78 is 30.5. The van der Waals surface area contributed by atoms with Crippen LogP contribution >= 0.6 is 14.3 Å². The second-order valence-electron chi connectivity index (χ2n) is 12.9. The Morgan fingerprint density at radius 2 is 0.540 bits per heavy atom. The zero-order valence-corrected chi connectivity index (χ0v) is 30.7. The SMILES string of the molecule is Cc1c(C)c(-c2cccc(P(=O)(c3ccccc3)c3ccccc3)c2)c(C)c(C)c1-c1cccc(P(=O)(c2ccccc2)c2ccccc2)c1. The van der Waals surface area contributed by atoms with Crippen LogP contribution in [0, 0.1) is 27.7 Å². The van der Waals surface area contributed by atoms with Crippen molar-refractivity contribution in [3.05, 3.63) is 192 Å². The lowest BCUT2D eigenvalue weighted by molar-refractivity contribution is 0.591. The Morgan fingerprint density at radius 1 is 0.300 bits per heavy atom. The minimum absolute atomic E-state index is 0.816. The average Bonchev–Trinajstić information content (AvgIpc) is 3.18. The van der Waals surface area contributed by atoms with Crippen molar-refractivity contribution in [1.29, 1.82) is 0 Å². The summed E-state index contributed by atoms with van der Waals surface area (Å²) in [6.07, 6.45) is 0. The van der Waals surface area contributed by atoms with Crippen LogP contribution in [0.2, 0.25) is 0 Å². The van der Waals surface area contributed by atoms with E-state index < -0.39 is 14.3 Å². The molecule has 0 aliphatic heterocycles. The van der Waals surface area contributed by atoms with Crippen molar-refractivity contribution in [3.63, 3.8) is 0 Å². The second kappa shape index (κ2) is 13.7. The van der Waals surface area contributed by atoms with Gasteiger partial charge in [-0.05, 0) is 84.3 Å². The van der Waals surface area contributed by atoms with Crippen molar-refractivity contribution < 1.29 is 9.13 Å². The quantitative estimate of drug-likeness (QED) is 0.149. The summed E-state index contributed by atoms with van der Waals surface area (Å²) in [5.74, 6) is 0. The molecule has 7 aromatic carbocycles. The van der Waals surface area contributed by atoms with Gasteiger partial charge in [-0.15, -0.1) is 0 Å². The van der Waals surface area contributed by atoms with Gasteiger partial charge in [0.1, 0.15) is 0 Å². The first kappa shape index (κ1) is 33.5. The van der Waals surface area contributed by atoms with Gasteiger partial charge < -0.3 is 9.13 Å². The molecule has 0 bridgehead atoms. The van der Waals surface area contributed by atoms with Crippen LogP contribution in [0.15, 0.2) is 170 Å². The highest BCUT2D eigenvalue weighted by molar-refractivity contribution is 7.85. The van der Waals surface area contributed by atoms with Crippen LogP contribution in [0.1, 0.15) is 22.3 Å². The van der Waals surface area contributed by atoms with Gasteiger partial charge in [0.25, 0.3) is 0 Å². The Kier molecular flexibility index (Phi) is 9.19. The summed E-state index contributed by atoms with van der Waals surface area (Å²) in [6.45, 7) is 8.74. The molecule has 0 unspecified atom stereocenters. The standard InChI is InChI=1S/C46H40O2P2/c1-33-34(2)46(38-20-18-30-44(32-38)50(48,41-25-13-7-14-26-41)42-27-15-8-16-28-42)36(4)35(3)45(33)37-19-17-29-43(31-37)49(47,39-21-9-5-10-22-39)40-23-11-6-12-24-40/h5-32H,1-4H3. The molecule has 7 rings (SSSR count). The van der Waals surface area contributed by atoms with Crippen LogP contribution in [0.3, 0.4) is 0 Å². The third kappa shape index (κ3) is 5.74. The number of rotatable bonds is 8. The largest absolute Gasteiger partial charge is 0.309 e. The molecule has 2 nitrogen and oxygen atoms in total. The van der Waals surface area contributed by atoms with E-state index in [-0.39, 0.29) is 0 Å². The van der Waals surface area contributed by atoms with Gasteiger partial charge in [0.15, 0.2) is 14.3 Å². The van der Waals surface area contributed by atoms with Gasteiger partial charge in [-0.1, -0.05) is 158 Å². The van der Waals surface area contributed by atoms with E-state index in [2.05, 4.69) is 52.0 Å². The fourth-order valence-corrected chi connectivity index (χ4v) is 12.7. The molecule has 0 aromatic heterocycles. The Balaban J connectivity index is 1.37. The highest BCUT2D eigenvalue weighted by Gasteiger charge is 2.32. The summed E-state index contributed by atoms with van der Waals surface area (Å²) in [5, 5.41) is 4.92. The van der Waals surface area contributed by atoms with Gasteiger partial charge in [0.2, 0.25) is 0 Å². The molecule has 50 heavy (non-hydrogen) atoms. The van der Waals surface area contributed by atoms with E-state index in [1.54, 1.807) is 0 Å². The first-order chi connectivity index (χ1) is 24.2. The van der Waals surface area contributed by atoms with Gasteiger partial charge in [-0.3, -0.25) is 0 Å².